The van der Waals surface area contributed by atoms with Gasteiger partial charge in [0.1, 0.15) is 5.52 Å². The Morgan fingerprint density at radius 2 is 1.47 bits per heavy atom. The van der Waals surface area contributed by atoms with Gasteiger partial charge in [-0.15, -0.1) is 0 Å². The molecule has 0 radical (unpaired) electrons. The first kappa shape index (κ1) is 41.5. The topological polar surface area (TPSA) is 236 Å². The molecule has 314 valence electrons. The van der Waals surface area contributed by atoms with Gasteiger partial charge in [0.15, 0.2) is 5.75 Å². The number of anilines is 1. The van der Waals surface area contributed by atoms with E-state index < -0.39 is 22.5 Å². The molecule has 2 aromatic carbocycles. The molecule has 8 rings (SSSR count). The Labute approximate surface area is 342 Å². The van der Waals surface area contributed by atoms with Crippen molar-refractivity contribution in [2.75, 3.05) is 69.5 Å². The van der Waals surface area contributed by atoms with Crippen LogP contribution in [0.1, 0.15) is 94.5 Å². The molecule has 2 saturated carbocycles. The molecule has 4 heterocycles. The van der Waals surface area contributed by atoms with Crippen LogP contribution in [0, 0.1) is 40.4 Å². The van der Waals surface area contributed by atoms with Crippen molar-refractivity contribution in [1.82, 2.24) is 34.4 Å². The molecule has 4 fully saturated rings. The van der Waals surface area contributed by atoms with Crippen LogP contribution in [0.2, 0.25) is 0 Å². The molecule has 2 aromatic heterocycles. The maximum Gasteiger partial charge on any atom is 0.350 e. The number of hydrogen-bond donors (Lipinski definition) is 5. The summed E-state index contributed by atoms with van der Waals surface area (Å²) in [4.78, 5) is 53.1. The first-order chi connectivity index (χ1) is 28.3. The maximum absolute atomic E-state index is 12.8. The predicted octanol–water partition coefficient (Wildman–Crippen LogP) is 2.00. The third kappa shape index (κ3) is 7.82. The van der Waals surface area contributed by atoms with E-state index >= 15 is 0 Å². The molecule has 4 aliphatic rings. The largest absolute Gasteiger partial charge is 0.492 e. The molecule has 0 bridgehead atoms. The van der Waals surface area contributed by atoms with Crippen LogP contribution in [0.3, 0.4) is 0 Å². The smallest absolute Gasteiger partial charge is 0.350 e. The van der Waals surface area contributed by atoms with Crippen molar-refractivity contribution in [1.29, 1.82) is 10.5 Å². The van der Waals surface area contributed by atoms with Crippen molar-refractivity contribution >= 4 is 27.5 Å². The number of fused-ring (bicyclic) bond motifs is 2. The summed E-state index contributed by atoms with van der Waals surface area (Å²) < 4.78 is 10.5. The minimum Gasteiger partial charge on any atom is -0.492 e. The van der Waals surface area contributed by atoms with Crippen LogP contribution in [0.5, 0.6) is 5.75 Å². The number of hydrogen-bond acceptors (Lipinski definition) is 13. The zero-order valence-electron chi connectivity index (χ0n) is 34.5. The van der Waals surface area contributed by atoms with Crippen LogP contribution in [0.15, 0.2) is 43.4 Å². The second-order valence-electron chi connectivity index (χ2n) is 17.3. The van der Waals surface area contributed by atoms with Gasteiger partial charge in [0.2, 0.25) is 0 Å². The van der Waals surface area contributed by atoms with E-state index in [2.05, 4.69) is 46.8 Å². The highest BCUT2D eigenvalue weighted by molar-refractivity contribution is 5.91. The minimum atomic E-state index is -0.510. The Hall–Kier alpha value is -5.62. The van der Waals surface area contributed by atoms with Gasteiger partial charge in [-0.3, -0.25) is 18.7 Å². The van der Waals surface area contributed by atoms with Gasteiger partial charge in [-0.2, -0.15) is 19.9 Å². The number of aromatic nitrogens is 4. The molecule has 7 N–H and O–H groups in total. The summed E-state index contributed by atoms with van der Waals surface area (Å²) in [7, 11) is 1.58. The number of aryl methyl sites for hydroxylation is 1. The predicted molar refractivity (Wildman–Crippen MR) is 228 cm³/mol. The maximum atomic E-state index is 12.8. The lowest BCUT2D eigenvalue weighted by molar-refractivity contribution is 0.244. The van der Waals surface area contributed by atoms with Crippen molar-refractivity contribution in [3.05, 3.63) is 77.1 Å². The molecule has 17 heteroatoms. The Bertz CT molecular complexity index is 2580. The number of nitrogen functional groups attached to an aromatic ring is 2. The number of nitrogens with zero attached hydrogens (tertiary/aromatic N) is 7. The Kier molecular flexibility index (Phi) is 11.7. The van der Waals surface area contributed by atoms with Gasteiger partial charge in [0, 0.05) is 75.7 Å². The first-order valence-corrected chi connectivity index (χ1v) is 20.6. The summed E-state index contributed by atoms with van der Waals surface area (Å²) in [5, 5.41) is 28.9. The second kappa shape index (κ2) is 16.6. The molecular weight excluding hydrogens is 753 g/mol. The van der Waals surface area contributed by atoms with E-state index in [-0.39, 0.29) is 29.0 Å². The number of nitrogens with one attached hydrogen (secondary N) is 3. The van der Waals surface area contributed by atoms with Gasteiger partial charge in [0.05, 0.1) is 41.2 Å². The fourth-order valence-electron chi connectivity index (χ4n) is 9.13. The highest BCUT2D eigenvalue weighted by Crippen LogP contribution is 2.44. The fraction of sp³-hybridized carbons (Fsp3) is 0.571. The van der Waals surface area contributed by atoms with Gasteiger partial charge in [-0.05, 0) is 86.7 Å². The molecule has 0 amide bonds. The minimum absolute atomic E-state index is 0.0123. The summed E-state index contributed by atoms with van der Waals surface area (Å²) in [6.45, 7) is 12.0. The van der Waals surface area contributed by atoms with E-state index in [1.807, 2.05) is 19.1 Å². The quantitative estimate of drug-likeness (QED) is 0.0962. The van der Waals surface area contributed by atoms with Crippen molar-refractivity contribution in [3.63, 3.8) is 0 Å². The van der Waals surface area contributed by atoms with Crippen molar-refractivity contribution in [2.24, 2.45) is 10.8 Å². The SMILES string of the molecule is COc1c(N2CCC(C)(CNCCC#N)C2)ccc2c(=O)n(N)c(=O)n(C3CC3)c12.Cc1c(C(NCCC#N)C2(C)CCNC2)ccc2c(=O)n(N)c(=O)n(C3CC3)c12. The highest BCUT2D eigenvalue weighted by atomic mass is 16.5. The molecule has 4 aromatic rings. The Morgan fingerprint density at radius 1 is 0.881 bits per heavy atom. The third-order valence-corrected chi connectivity index (χ3v) is 12.7. The van der Waals surface area contributed by atoms with Crippen molar-refractivity contribution in [2.45, 2.75) is 90.3 Å². The molecule has 2 saturated heterocycles. The molecule has 3 atom stereocenters. The van der Waals surface area contributed by atoms with E-state index in [9.17, 15) is 19.2 Å². The number of ether oxygens (including phenoxy) is 1. The number of methoxy groups -OCH3 is 1. The molecule has 0 spiro atoms. The second-order valence-corrected chi connectivity index (χ2v) is 17.3. The van der Waals surface area contributed by atoms with Crippen LogP contribution in [0.25, 0.3) is 21.8 Å². The van der Waals surface area contributed by atoms with Crippen LogP contribution < -0.4 is 59.8 Å². The fourth-order valence-corrected chi connectivity index (χ4v) is 9.13. The summed E-state index contributed by atoms with van der Waals surface area (Å²) in [5.41, 5.74) is 2.24. The van der Waals surface area contributed by atoms with Gasteiger partial charge in [0.25, 0.3) is 11.1 Å². The van der Waals surface area contributed by atoms with E-state index in [1.54, 1.807) is 28.4 Å². The Morgan fingerprint density at radius 3 is 2.05 bits per heavy atom. The van der Waals surface area contributed by atoms with Gasteiger partial charge >= 0.3 is 11.4 Å². The van der Waals surface area contributed by atoms with Gasteiger partial charge in [-0.25, -0.2) is 9.59 Å². The molecule has 3 unspecified atom stereocenters. The van der Waals surface area contributed by atoms with Crippen LogP contribution in [-0.4, -0.2) is 71.4 Å². The number of benzene rings is 2. The van der Waals surface area contributed by atoms with Crippen molar-refractivity contribution < 1.29 is 4.74 Å². The van der Waals surface area contributed by atoms with Crippen LogP contribution in [-0.2, 0) is 0 Å². The summed E-state index contributed by atoms with van der Waals surface area (Å²) in [6, 6.07) is 11.9. The summed E-state index contributed by atoms with van der Waals surface area (Å²) in [6.07, 6.45) is 6.53. The molecule has 2 aliphatic carbocycles. The highest BCUT2D eigenvalue weighted by Gasteiger charge is 2.40. The Balaban J connectivity index is 0.000000179. The van der Waals surface area contributed by atoms with Crippen LogP contribution in [0.4, 0.5) is 5.69 Å². The molecular formula is C42H56N12O5. The lowest BCUT2D eigenvalue weighted by atomic mass is 9.76. The van der Waals surface area contributed by atoms with Gasteiger partial charge < -0.3 is 37.3 Å². The number of nitrogens with two attached hydrogens (primary N) is 2. The van der Waals surface area contributed by atoms with E-state index in [4.69, 9.17) is 26.9 Å². The zero-order chi connectivity index (χ0) is 42.2. The van der Waals surface area contributed by atoms with E-state index in [0.717, 1.165) is 92.7 Å². The summed E-state index contributed by atoms with van der Waals surface area (Å²) >= 11 is 0. The average molecular weight is 809 g/mol. The molecule has 2 aliphatic heterocycles. The third-order valence-electron chi connectivity index (χ3n) is 12.7. The van der Waals surface area contributed by atoms with Crippen LogP contribution >= 0.6 is 0 Å². The van der Waals surface area contributed by atoms with Crippen molar-refractivity contribution in [3.8, 4) is 17.9 Å². The van der Waals surface area contributed by atoms with E-state index in [1.165, 1.54) is 0 Å². The average Bonchev–Trinajstić information content (AvgIpc) is 4.17. The molecule has 17 nitrogen and oxygen atoms in total. The first-order valence-electron chi connectivity index (χ1n) is 20.6. The monoisotopic (exact) mass is 808 g/mol. The zero-order valence-corrected chi connectivity index (χ0v) is 34.5. The molecule has 59 heavy (non-hydrogen) atoms. The normalized spacial score (nSPS) is 21.9. The lowest BCUT2D eigenvalue weighted by Gasteiger charge is -2.36. The van der Waals surface area contributed by atoms with E-state index in [0.29, 0.717) is 58.2 Å². The lowest BCUT2D eigenvalue weighted by Crippen LogP contribution is -2.45. The number of rotatable bonds is 13. The van der Waals surface area contributed by atoms with Gasteiger partial charge in [-0.1, -0.05) is 19.9 Å². The standard InChI is InChI=1S/C21H28N6O3.C21H28N6O2/c1-21(12-24-10-3-9-22)8-11-25(13-21)16-7-6-15-17(18(16)30-2)26(14-4-5-14)20(29)27(23)19(15)28;1-13-15(18(25-10-3-9-22)21(2)8-11-24-12-21)6-7-16-17(13)26(14-4-5-14)20(29)27(23)19(16)28/h6-7,14,24H,3-5,8,10-13,23H2,1-2H3;6-7,14,18,24-25H,3-5,8,10-12,23H2,1-2H3. The number of nitriles is 2. The summed E-state index contributed by atoms with van der Waals surface area (Å²) in [5.74, 6) is 12.1.